The lowest BCUT2D eigenvalue weighted by Gasteiger charge is -2.28. The van der Waals surface area contributed by atoms with Crippen molar-refractivity contribution in [1.29, 1.82) is 0 Å². The Bertz CT molecular complexity index is 441. The van der Waals surface area contributed by atoms with E-state index in [0.717, 1.165) is 32.5 Å². The van der Waals surface area contributed by atoms with Gasteiger partial charge in [-0.15, -0.1) is 0 Å². The van der Waals surface area contributed by atoms with Crippen LogP contribution in [0.1, 0.15) is 38.2 Å². The molecule has 3 N–H and O–H groups in total. The average molecular weight is 284 g/mol. The van der Waals surface area contributed by atoms with E-state index in [1.54, 1.807) is 6.07 Å². The third-order valence-corrected chi connectivity index (χ3v) is 4.04. The van der Waals surface area contributed by atoms with Gasteiger partial charge in [0, 0.05) is 18.3 Å². The van der Waals surface area contributed by atoms with Crippen molar-refractivity contribution < 1.29 is 5.11 Å². The van der Waals surface area contributed by atoms with Gasteiger partial charge in [-0.2, -0.15) is 0 Å². The van der Waals surface area contributed by atoms with Crippen molar-refractivity contribution in [2.75, 3.05) is 25.4 Å². The topological polar surface area (TPSA) is 62.4 Å². The molecule has 0 amide bonds. The summed E-state index contributed by atoms with van der Waals surface area (Å²) in [5.41, 5.74) is 5.69. The first-order chi connectivity index (χ1) is 9.05. The molecular weight excluding hydrogens is 262 g/mol. The molecule has 1 fully saturated rings. The number of aliphatic hydroxyl groups is 1. The number of anilines is 1. The van der Waals surface area contributed by atoms with Gasteiger partial charge in [0.15, 0.2) is 0 Å². The van der Waals surface area contributed by atoms with Crippen LogP contribution in [0.15, 0.2) is 12.3 Å². The lowest BCUT2D eigenvalue weighted by Crippen LogP contribution is -2.30. The maximum absolute atomic E-state index is 10.9. The Balaban J connectivity index is 2.20. The lowest BCUT2D eigenvalue weighted by atomic mass is 9.87. The number of nitrogens with zero attached hydrogens (tertiary/aromatic N) is 2. The Kier molecular flexibility index (Phi) is 4.66. The Morgan fingerprint density at radius 2 is 2.26 bits per heavy atom. The van der Waals surface area contributed by atoms with E-state index in [0.29, 0.717) is 29.2 Å². The first-order valence-electron chi connectivity index (χ1n) is 6.91. The van der Waals surface area contributed by atoms with E-state index in [2.05, 4.69) is 16.8 Å². The van der Waals surface area contributed by atoms with Gasteiger partial charge in [0.05, 0.1) is 10.6 Å². The molecule has 1 unspecified atom stereocenters. The summed E-state index contributed by atoms with van der Waals surface area (Å²) < 4.78 is 0. The number of hydrogen-bond acceptors (Lipinski definition) is 4. The van der Waals surface area contributed by atoms with Crippen LogP contribution in [0.3, 0.4) is 0 Å². The van der Waals surface area contributed by atoms with Crippen LogP contribution in [-0.2, 0) is 5.60 Å². The molecule has 1 aliphatic rings. The molecule has 0 saturated carbocycles. The standard InChI is InChI=1S/C14H22ClN3O/c1-2-6-18-7-3-4-14(19,5-8-18)12-9-11(15)10-17-13(12)16/h9-10,19H,2-8H2,1H3,(H2,16,17). The van der Waals surface area contributed by atoms with E-state index < -0.39 is 5.60 Å². The maximum atomic E-state index is 10.9. The van der Waals surface area contributed by atoms with Gasteiger partial charge in [0.2, 0.25) is 0 Å². The van der Waals surface area contributed by atoms with Crippen LogP contribution in [0.2, 0.25) is 5.02 Å². The van der Waals surface area contributed by atoms with Crippen molar-refractivity contribution in [2.45, 2.75) is 38.2 Å². The molecule has 1 aromatic heterocycles. The third-order valence-electron chi connectivity index (χ3n) is 3.83. The average Bonchev–Trinajstić information content (AvgIpc) is 2.56. The number of nitrogens with two attached hydrogens (primary N) is 1. The lowest BCUT2D eigenvalue weighted by molar-refractivity contribution is 0.0217. The molecule has 2 rings (SSSR count). The van der Waals surface area contributed by atoms with Gasteiger partial charge in [-0.3, -0.25) is 0 Å². The minimum absolute atomic E-state index is 0.385. The second-order valence-electron chi connectivity index (χ2n) is 5.31. The third kappa shape index (κ3) is 3.38. The van der Waals surface area contributed by atoms with Gasteiger partial charge < -0.3 is 15.7 Å². The molecule has 1 aliphatic heterocycles. The Morgan fingerprint density at radius 3 is 3.00 bits per heavy atom. The van der Waals surface area contributed by atoms with Crippen molar-refractivity contribution in [3.63, 3.8) is 0 Å². The first kappa shape index (κ1) is 14.6. The molecule has 0 aromatic carbocycles. The predicted octanol–water partition coefficient (Wildman–Crippen LogP) is 2.40. The smallest absolute Gasteiger partial charge is 0.129 e. The summed E-state index contributed by atoms with van der Waals surface area (Å²) in [6.45, 7) is 5.18. The summed E-state index contributed by atoms with van der Waals surface area (Å²) in [7, 11) is 0. The number of likely N-dealkylation sites (tertiary alicyclic amines) is 1. The molecular formula is C14H22ClN3O. The Morgan fingerprint density at radius 1 is 1.47 bits per heavy atom. The van der Waals surface area contributed by atoms with Crippen molar-refractivity contribution >= 4 is 17.4 Å². The number of rotatable bonds is 3. The summed E-state index contributed by atoms with van der Waals surface area (Å²) in [5, 5.41) is 11.4. The zero-order valence-electron chi connectivity index (χ0n) is 11.4. The molecule has 0 bridgehead atoms. The number of nitrogen functional groups attached to an aromatic ring is 1. The van der Waals surface area contributed by atoms with Crippen molar-refractivity contribution in [2.24, 2.45) is 0 Å². The molecule has 2 heterocycles. The highest BCUT2D eigenvalue weighted by Gasteiger charge is 2.34. The second kappa shape index (κ2) is 6.07. The van der Waals surface area contributed by atoms with Gasteiger partial charge in [0.25, 0.3) is 0 Å². The van der Waals surface area contributed by atoms with E-state index in [1.807, 2.05) is 0 Å². The fourth-order valence-electron chi connectivity index (χ4n) is 2.81. The van der Waals surface area contributed by atoms with Gasteiger partial charge in [-0.25, -0.2) is 4.98 Å². The van der Waals surface area contributed by atoms with E-state index in [9.17, 15) is 5.11 Å². The largest absolute Gasteiger partial charge is 0.385 e. The number of aromatic nitrogens is 1. The molecule has 1 aromatic rings. The molecule has 5 heteroatoms. The molecule has 0 aliphatic carbocycles. The van der Waals surface area contributed by atoms with E-state index in [-0.39, 0.29) is 0 Å². The van der Waals surface area contributed by atoms with Crippen LogP contribution in [0.5, 0.6) is 0 Å². The van der Waals surface area contributed by atoms with Crippen LogP contribution in [-0.4, -0.2) is 34.6 Å². The van der Waals surface area contributed by atoms with E-state index >= 15 is 0 Å². The minimum Gasteiger partial charge on any atom is -0.385 e. The monoisotopic (exact) mass is 283 g/mol. The highest BCUT2D eigenvalue weighted by Crippen LogP contribution is 2.36. The Hall–Kier alpha value is -0.840. The number of halogens is 1. The van der Waals surface area contributed by atoms with Crippen molar-refractivity contribution in [3.05, 3.63) is 22.8 Å². The van der Waals surface area contributed by atoms with Crippen LogP contribution in [0.4, 0.5) is 5.82 Å². The fourth-order valence-corrected chi connectivity index (χ4v) is 2.96. The maximum Gasteiger partial charge on any atom is 0.129 e. The normalized spacial score (nSPS) is 25.2. The van der Waals surface area contributed by atoms with Crippen LogP contribution < -0.4 is 5.73 Å². The van der Waals surface area contributed by atoms with Crippen molar-refractivity contribution in [1.82, 2.24) is 9.88 Å². The minimum atomic E-state index is -0.898. The quantitative estimate of drug-likeness (QED) is 0.894. The van der Waals surface area contributed by atoms with E-state index in [4.69, 9.17) is 17.3 Å². The van der Waals surface area contributed by atoms with Gasteiger partial charge in [0.1, 0.15) is 5.82 Å². The molecule has 4 nitrogen and oxygen atoms in total. The SMILES string of the molecule is CCCN1CCCC(O)(c2cc(Cl)cnc2N)CC1. The zero-order valence-corrected chi connectivity index (χ0v) is 12.2. The first-order valence-corrected chi connectivity index (χ1v) is 7.29. The van der Waals surface area contributed by atoms with E-state index in [1.165, 1.54) is 6.20 Å². The van der Waals surface area contributed by atoms with Crippen LogP contribution in [0, 0.1) is 0 Å². The van der Waals surface area contributed by atoms with Gasteiger partial charge in [-0.05, 0) is 44.8 Å². The van der Waals surface area contributed by atoms with Gasteiger partial charge in [-0.1, -0.05) is 18.5 Å². The van der Waals surface area contributed by atoms with Crippen LogP contribution in [0.25, 0.3) is 0 Å². The molecule has 1 atom stereocenters. The predicted molar refractivity (Wildman–Crippen MR) is 78.1 cm³/mol. The summed E-state index contributed by atoms with van der Waals surface area (Å²) >= 11 is 5.98. The summed E-state index contributed by atoms with van der Waals surface area (Å²) in [6, 6.07) is 1.75. The number of pyridine rings is 1. The highest BCUT2D eigenvalue weighted by atomic mass is 35.5. The van der Waals surface area contributed by atoms with Crippen LogP contribution >= 0.6 is 11.6 Å². The molecule has 0 radical (unpaired) electrons. The van der Waals surface area contributed by atoms with Gasteiger partial charge >= 0.3 is 0 Å². The molecule has 0 spiro atoms. The molecule has 19 heavy (non-hydrogen) atoms. The zero-order chi connectivity index (χ0) is 13.9. The molecule has 106 valence electrons. The Labute approximate surface area is 119 Å². The second-order valence-corrected chi connectivity index (χ2v) is 5.75. The number of hydrogen-bond donors (Lipinski definition) is 2. The summed E-state index contributed by atoms with van der Waals surface area (Å²) in [5.74, 6) is 0.385. The van der Waals surface area contributed by atoms with Crippen molar-refractivity contribution in [3.8, 4) is 0 Å². The summed E-state index contributed by atoms with van der Waals surface area (Å²) in [4.78, 5) is 6.45. The highest BCUT2D eigenvalue weighted by molar-refractivity contribution is 6.30. The molecule has 1 saturated heterocycles. The fraction of sp³-hybridized carbons (Fsp3) is 0.643. The summed E-state index contributed by atoms with van der Waals surface area (Å²) in [6.07, 6.45) is 5.00.